The normalized spacial score (nSPS) is 12.2. The number of hydrogen-bond donors (Lipinski definition) is 1. The summed E-state index contributed by atoms with van der Waals surface area (Å²) in [5, 5.41) is 3.33. The molecule has 1 heterocycles. The molecule has 0 aliphatic heterocycles. The van der Waals surface area contributed by atoms with E-state index in [2.05, 4.69) is 10.3 Å². The SMILES string of the molecule is COC(=O)C[C@H](NC(=O)OC(C)(C)C)c1cncc(-c2c(C)cccc2Cl)c1. The minimum Gasteiger partial charge on any atom is -0.469 e. The predicted molar refractivity (Wildman–Crippen MR) is 108 cm³/mol. The van der Waals surface area contributed by atoms with E-state index in [1.54, 1.807) is 39.2 Å². The first-order chi connectivity index (χ1) is 13.1. The number of ether oxygens (including phenoxy) is 2. The van der Waals surface area contributed by atoms with Gasteiger partial charge in [0.25, 0.3) is 0 Å². The van der Waals surface area contributed by atoms with Crippen molar-refractivity contribution in [3.8, 4) is 11.1 Å². The quantitative estimate of drug-likeness (QED) is 0.721. The molecule has 0 saturated carbocycles. The van der Waals surface area contributed by atoms with Crippen LogP contribution in [0, 0.1) is 6.92 Å². The fraction of sp³-hybridized carbons (Fsp3) is 0.381. The highest BCUT2D eigenvalue weighted by atomic mass is 35.5. The van der Waals surface area contributed by atoms with Gasteiger partial charge in [-0.3, -0.25) is 9.78 Å². The third-order valence-corrected chi connectivity index (χ3v) is 4.28. The molecule has 0 saturated heterocycles. The minimum absolute atomic E-state index is 0.0532. The summed E-state index contributed by atoms with van der Waals surface area (Å²) in [6, 6.07) is 6.84. The first-order valence-electron chi connectivity index (χ1n) is 8.87. The summed E-state index contributed by atoms with van der Waals surface area (Å²) in [6.07, 6.45) is 2.62. The lowest BCUT2D eigenvalue weighted by atomic mass is 9.98. The Bertz CT molecular complexity index is 841. The van der Waals surface area contributed by atoms with Crippen LogP contribution in [0.1, 0.15) is 44.4 Å². The monoisotopic (exact) mass is 404 g/mol. The van der Waals surface area contributed by atoms with E-state index >= 15 is 0 Å². The second kappa shape index (κ2) is 9.06. The van der Waals surface area contributed by atoms with Crippen molar-refractivity contribution in [2.45, 2.75) is 45.8 Å². The molecule has 7 heteroatoms. The summed E-state index contributed by atoms with van der Waals surface area (Å²) >= 11 is 6.37. The van der Waals surface area contributed by atoms with Crippen LogP contribution in [0.25, 0.3) is 11.1 Å². The number of methoxy groups -OCH3 is 1. The second-order valence-corrected chi connectivity index (χ2v) is 7.82. The van der Waals surface area contributed by atoms with Gasteiger partial charge < -0.3 is 14.8 Å². The molecule has 1 aromatic carbocycles. The second-order valence-electron chi connectivity index (χ2n) is 7.42. The van der Waals surface area contributed by atoms with Crippen LogP contribution >= 0.6 is 11.6 Å². The molecule has 0 aliphatic carbocycles. The van der Waals surface area contributed by atoms with Crippen molar-refractivity contribution in [1.29, 1.82) is 0 Å². The van der Waals surface area contributed by atoms with Crippen molar-refractivity contribution in [2.75, 3.05) is 7.11 Å². The summed E-state index contributed by atoms with van der Waals surface area (Å²) in [4.78, 5) is 28.4. The van der Waals surface area contributed by atoms with Crippen LogP contribution in [-0.2, 0) is 14.3 Å². The molecular weight excluding hydrogens is 380 g/mol. The molecular formula is C21H25ClN2O4. The Morgan fingerprint density at radius 3 is 2.57 bits per heavy atom. The molecule has 28 heavy (non-hydrogen) atoms. The molecule has 0 fully saturated rings. The van der Waals surface area contributed by atoms with Crippen molar-refractivity contribution in [3.63, 3.8) is 0 Å². The zero-order chi connectivity index (χ0) is 20.9. The fourth-order valence-electron chi connectivity index (χ4n) is 2.73. The lowest BCUT2D eigenvalue weighted by Crippen LogP contribution is -2.36. The van der Waals surface area contributed by atoms with Crippen molar-refractivity contribution in [3.05, 3.63) is 52.8 Å². The van der Waals surface area contributed by atoms with E-state index in [4.69, 9.17) is 21.1 Å². The van der Waals surface area contributed by atoms with Crippen LogP contribution in [0.5, 0.6) is 0 Å². The number of carbonyl (C=O) groups is 2. The van der Waals surface area contributed by atoms with Gasteiger partial charge in [-0.15, -0.1) is 0 Å². The van der Waals surface area contributed by atoms with Gasteiger partial charge in [0, 0.05) is 28.5 Å². The Labute approximate surface area is 170 Å². The minimum atomic E-state index is -0.658. The van der Waals surface area contributed by atoms with Crippen molar-refractivity contribution in [2.24, 2.45) is 0 Å². The molecule has 0 radical (unpaired) electrons. The largest absolute Gasteiger partial charge is 0.469 e. The van der Waals surface area contributed by atoms with Gasteiger partial charge in [0.15, 0.2) is 0 Å². The number of alkyl carbamates (subject to hydrolysis) is 1. The molecule has 0 unspecified atom stereocenters. The van der Waals surface area contributed by atoms with Gasteiger partial charge in [0.1, 0.15) is 5.60 Å². The summed E-state index contributed by atoms with van der Waals surface area (Å²) < 4.78 is 10.1. The van der Waals surface area contributed by atoms with Crippen LogP contribution in [0.4, 0.5) is 4.79 Å². The maximum absolute atomic E-state index is 12.2. The predicted octanol–water partition coefficient (Wildman–Crippen LogP) is 4.84. The molecule has 6 nitrogen and oxygen atoms in total. The van der Waals surface area contributed by atoms with Crippen molar-refractivity contribution < 1.29 is 19.1 Å². The average Bonchev–Trinajstić information content (AvgIpc) is 2.59. The smallest absolute Gasteiger partial charge is 0.408 e. The third kappa shape index (κ3) is 5.96. The van der Waals surface area contributed by atoms with Crippen LogP contribution in [0.3, 0.4) is 0 Å². The molecule has 1 N–H and O–H groups in total. The Hall–Kier alpha value is -2.60. The first kappa shape index (κ1) is 21.7. The number of nitrogens with zero attached hydrogens (tertiary/aromatic N) is 1. The van der Waals surface area contributed by atoms with E-state index in [1.807, 2.05) is 25.1 Å². The number of carbonyl (C=O) groups excluding carboxylic acids is 2. The van der Waals surface area contributed by atoms with Crippen LogP contribution in [0.2, 0.25) is 5.02 Å². The highest BCUT2D eigenvalue weighted by Gasteiger charge is 2.24. The molecule has 1 amide bonds. The zero-order valence-corrected chi connectivity index (χ0v) is 17.5. The highest BCUT2D eigenvalue weighted by molar-refractivity contribution is 6.33. The first-order valence-corrected chi connectivity index (χ1v) is 9.25. The zero-order valence-electron chi connectivity index (χ0n) is 16.7. The number of nitrogens with one attached hydrogen (secondary N) is 1. The number of halogens is 1. The molecule has 2 aromatic rings. The third-order valence-electron chi connectivity index (χ3n) is 3.96. The Morgan fingerprint density at radius 1 is 1.25 bits per heavy atom. The maximum atomic E-state index is 12.2. The van der Waals surface area contributed by atoms with E-state index in [9.17, 15) is 9.59 Å². The van der Waals surface area contributed by atoms with Crippen molar-refractivity contribution >= 4 is 23.7 Å². The van der Waals surface area contributed by atoms with E-state index in [1.165, 1.54) is 7.11 Å². The highest BCUT2D eigenvalue weighted by Crippen LogP contribution is 2.32. The van der Waals surface area contributed by atoms with E-state index < -0.39 is 23.7 Å². The average molecular weight is 405 g/mol. The van der Waals surface area contributed by atoms with Gasteiger partial charge in [-0.2, -0.15) is 0 Å². The molecule has 1 atom stereocenters. The van der Waals surface area contributed by atoms with Gasteiger partial charge in [0.05, 0.1) is 19.6 Å². The molecule has 0 aliphatic rings. The Morgan fingerprint density at radius 2 is 1.96 bits per heavy atom. The lowest BCUT2D eigenvalue weighted by molar-refractivity contribution is -0.141. The van der Waals surface area contributed by atoms with Gasteiger partial charge in [-0.25, -0.2) is 4.79 Å². The Balaban J connectivity index is 2.38. The number of amides is 1. The number of esters is 1. The van der Waals surface area contributed by atoms with Crippen LogP contribution in [0.15, 0.2) is 36.7 Å². The van der Waals surface area contributed by atoms with Crippen LogP contribution in [-0.4, -0.2) is 29.8 Å². The number of aromatic nitrogens is 1. The van der Waals surface area contributed by atoms with E-state index in [0.717, 1.165) is 16.7 Å². The lowest BCUT2D eigenvalue weighted by Gasteiger charge is -2.23. The molecule has 2 rings (SSSR count). The fourth-order valence-corrected chi connectivity index (χ4v) is 3.07. The molecule has 150 valence electrons. The van der Waals surface area contributed by atoms with Gasteiger partial charge in [-0.05, 0) is 51.0 Å². The van der Waals surface area contributed by atoms with Crippen LogP contribution < -0.4 is 5.32 Å². The van der Waals surface area contributed by atoms with Gasteiger partial charge >= 0.3 is 12.1 Å². The van der Waals surface area contributed by atoms with Crippen molar-refractivity contribution in [1.82, 2.24) is 10.3 Å². The van der Waals surface area contributed by atoms with E-state index in [0.29, 0.717) is 10.6 Å². The van der Waals surface area contributed by atoms with Gasteiger partial charge in [-0.1, -0.05) is 23.7 Å². The summed E-state index contributed by atoms with van der Waals surface area (Å²) in [5.74, 6) is -0.458. The number of rotatable bonds is 5. The number of benzene rings is 1. The number of aryl methyl sites for hydroxylation is 1. The number of pyridine rings is 1. The molecule has 0 spiro atoms. The van der Waals surface area contributed by atoms with Gasteiger partial charge in [0.2, 0.25) is 0 Å². The summed E-state index contributed by atoms with van der Waals surface area (Å²) in [6.45, 7) is 7.26. The standard InChI is InChI=1S/C21H25ClN2O4/c1-13-7-6-8-16(22)19(13)15-9-14(11-23-12-15)17(10-18(25)27-5)24-20(26)28-21(2,3)4/h6-9,11-12,17H,10H2,1-5H3,(H,24,26)/t17-/m0/s1. The van der Waals surface area contributed by atoms with E-state index in [-0.39, 0.29) is 6.42 Å². The molecule has 1 aromatic heterocycles. The summed E-state index contributed by atoms with van der Waals surface area (Å²) in [5.41, 5.74) is 2.63. The Kier molecular flexibility index (Phi) is 7.02. The topological polar surface area (TPSA) is 77.5 Å². The maximum Gasteiger partial charge on any atom is 0.408 e. The number of hydrogen-bond acceptors (Lipinski definition) is 5. The molecule has 0 bridgehead atoms. The summed E-state index contributed by atoms with van der Waals surface area (Å²) in [7, 11) is 1.30.